The highest BCUT2D eigenvalue weighted by molar-refractivity contribution is 7.26. The van der Waals surface area contributed by atoms with Crippen molar-refractivity contribution in [2.24, 2.45) is 0 Å². The van der Waals surface area contributed by atoms with Crippen molar-refractivity contribution in [2.45, 2.75) is 0 Å². The summed E-state index contributed by atoms with van der Waals surface area (Å²) in [5.74, 6) is 2.00. The summed E-state index contributed by atoms with van der Waals surface area (Å²) in [5.41, 5.74) is 8.96. The topological polar surface area (TPSA) is 43.6 Å². The lowest BCUT2D eigenvalue weighted by molar-refractivity contribution is 1.08. The van der Waals surface area contributed by atoms with Crippen LogP contribution < -0.4 is 0 Å². The van der Waals surface area contributed by atoms with E-state index in [-0.39, 0.29) is 0 Å². The molecule has 0 radical (unpaired) electrons. The number of hydrogen-bond acceptors (Lipinski definition) is 5. The average Bonchev–Trinajstić information content (AvgIpc) is 3.96. The van der Waals surface area contributed by atoms with Gasteiger partial charge in [-0.3, -0.25) is 0 Å². The van der Waals surface area contributed by atoms with Crippen LogP contribution in [0.1, 0.15) is 0 Å². The molecular weight excluding hydrogens is 733 g/mol. The molecule has 0 aliphatic carbocycles. The maximum absolute atomic E-state index is 5.23. The standard InChI is InChI=1S/C51H30N4S2/c1-3-14-31(15-4-1)49-52-50(54-51(53-49)42-25-13-23-39-35-19-8-10-27-44(35)56-48(39)42)32-28-29-36-40-22-12-24-41(47(40)57-45(36)30-32)38-21-11-20-37-34-18-7-9-26-43(34)55(46(37)38)33-16-5-2-6-17-33/h1-30H. The summed E-state index contributed by atoms with van der Waals surface area (Å²) in [6.07, 6.45) is 0. The first-order chi connectivity index (χ1) is 28.3. The number of hydrogen-bond donors (Lipinski definition) is 0. The SMILES string of the molecule is c1ccc(-c2nc(-c3ccc4c(c3)sc3c(-c5cccc6c7ccccc7n(-c7ccccc7)c56)cccc34)nc(-c3cccc4c3sc3ccccc34)n2)cc1. The lowest BCUT2D eigenvalue weighted by Gasteiger charge is -2.12. The van der Waals surface area contributed by atoms with Crippen molar-refractivity contribution in [3.05, 3.63) is 182 Å². The number of para-hydroxylation sites is 3. The number of benzene rings is 8. The van der Waals surface area contributed by atoms with Gasteiger partial charge in [0.2, 0.25) is 0 Å². The van der Waals surface area contributed by atoms with Gasteiger partial charge in [-0.1, -0.05) is 146 Å². The number of rotatable bonds is 5. The van der Waals surface area contributed by atoms with E-state index in [1.54, 1.807) is 11.3 Å². The molecular formula is C51H30N4S2. The minimum absolute atomic E-state index is 0.661. The minimum atomic E-state index is 0.661. The Kier molecular flexibility index (Phi) is 7.24. The molecule has 0 spiro atoms. The van der Waals surface area contributed by atoms with E-state index in [1.165, 1.54) is 73.3 Å². The molecule has 4 aromatic heterocycles. The summed E-state index contributed by atoms with van der Waals surface area (Å²) in [6.45, 7) is 0. The number of fused-ring (bicyclic) bond motifs is 9. The third-order valence-corrected chi connectivity index (χ3v) is 13.5. The van der Waals surface area contributed by atoms with Crippen LogP contribution in [0, 0.1) is 0 Å². The predicted molar refractivity (Wildman–Crippen MR) is 242 cm³/mol. The molecule has 0 saturated carbocycles. The van der Waals surface area contributed by atoms with E-state index < -0.39 is 0 Å². The average molecular weight is 763 g/mol. The monoisotopic (exact) mass is 762 g/mol. The first-order valence-corrected chi connectivity index (χ1v) is 20.7. The number of thiophene rings is 2. The Morgan fingerprint density at radius 3 is 1.72 bits per heavy atom. The van der Waals surface area contributed by atoms with Gasteiger partial charge in [-0.2, -0.15) is 0 Å². The summed E-state index contributed by atoms with van der Waals surface area (Å²) in [6, 6.07) is 64.8. The van der Waals surface area contributed by atoms with Crippen molar-refractivity contribution in [3.63, 3.8) is 0 Å². The van der Waals surface area contributed by atoms with Crippen LogP contribution in [0.2, 0.25) is 0 Å². The first kappa shape index (κ1) is 32.3. The molecule has 12 aromatic rings. The maximum atomic E-state index is 5.23. The largest absolute Gasteiger partial charge is 0.309 e. The van der Waals surface area contributed by atoms with E-state index in [1.807, 2.05) is 29.5 Å². The number of nitrogens with zero attached hydrogens (tertiary/aromatic N) is 4. The molecule has 8 aromatic carbocycles. The van der Waals surface area contributed by atoms with E-state index in [4.69, 9.17) is 15.0 Å². The van der Waals surface area contributed by atoms with Gasteiger partial charge in [0.15, 0.2) is 17.5 Å². The van der Waals surface area contributed by atoms with Crippen LogP contribution in [0.25, 0.3) is 113 Å². The maximum Gasteiger partial charge on any atom is 0.165 e. The van der Waals surface area contributed by atoms with E-state index >= 15 is 0 Å². The fraction of sp³-hybridized carbons (Fsp3) is 0. The van der Waals surface area contributed by atoms with Gasteiger partial charge in [-0.05, 0) is 36.4 Å². The Bertz CT molecular complexity index is 3530. The van der Waals surface area contributed by atoms with Gasteiger partial charge in [0, 0.05) is 84.6 Å². The molecule has 0 aliphatic heterocycles. The molecule has 266 valence electrons. The fourth-order valence-electron chi connectivity index (χ4n) is 8.50. The Morgan fingerprint density at radius 2 is 0.912 bits per heavy atom. The highest BCUT2D eigenvalue weighted by Gasteiger charge is 2.20. The normalized spacial score (nSPS) is 11.9. The summed E-state index contributed by atoms with van der Waals surface area (Å²) in [5, 5.41) is 7.45. The zero-order valence-electron chi connectivity index (χ0n) is 30.4. The van der Waals surface area contributed by atoms with Crippen molar-refractivity contribution in [2.75, 3.05) is 0 Å². The quantitative estimate of drug-likeness (QED) is 0.175. The van der Waals surface area contributed by atoms with Crippen LogP contribution in [0.15, 0.2) is 182 Å². The highest BCUT2D eigenvalue weighted by atomic mass is 32.1. The number of aromatic nitrogens is 4. The summed E-state index contributed by atoms with van der Waals surface area (Å²) in [7, 11) is 0. The van der Waals surface area contributed by atoms with E-state index in [9.17, 15) is 0 Å². The van der Waals surface area contributed by atoms with Crippen LogP contribution in [-0.2, 0) is 0 Å². The Balaban J connectivity index is 1.05. The summed E-state index contributed by atoms with van der Waals surface area (Å²) >= 11 is 3.63. The highest BCUT2D eigenvalue weighted by Crippen LogP contribution is 2.45. The molecule has 4 heterocycles. The molecule has 4 nitrogen and oxygen atoms in total. The minimum Gasteiger partial charge on any atom is -0.309 e. The zero-order chi connectivity index (χ0) is 37.5. The molecule has 57 heavy (non-hydrogen) atoms. The molecule has 0 N–H and O–H groups in total. The molecule has 0 atom stereocenters. The zero-order valence-corrected chi connectivity index (χ0v) is 32.1. The summed E-state index contributed by atoms with van der Waals surface area (Å²) in [4.78, 5) is 15.5. The van der Waals surface area contributed by atoms with Crippen LogP contribution in [0.4, 0.5) is 0 Å². The fourth-order valence-corrected chi connectivity index (χ4v) is 11.0. The van der Waals surface area contributed by atoms with Gasteiger partial charge >= 0.3 is 0 Å². The van der Waals surface area contributed by atoms with Crippen LogP contribution >= 0.6 is 22.7 Å². The third kappa shape index (κ3) is 5.08. The van der Waals surface area contributed by atoms with E-state index in [0.717, 1.165) is 22.4 Å². The van der Waals surface area contributed by atoms with Crippen molar-refractivity contribution in [1.29, 1.82) is 0 Å². The molecule has 12 rings (SSSR count). The second-order valence-corrected chi connectivity index (χ2v) is 16.4. The smallest absolute Gasteiger partial charge is 0.165 e. The third-order valence-electron chi connectivity index (χ3n) is 11.1. The lowest BCUT2D eigenvalue weighted by Crippen LogP contribution is -2.00. The van der Waals surface area contributed by atoms with Gasteiger partial charge in [0.05, 0.1) is 11.0 Å². The molecule has 0 amide bonds. The lowest BCUT2D eigenvalue weighted by atomic mass is 9.99. The molecule has 0 unspecified atom stereocenters. The van der Waals surface area contributed by atoms with Gasteiger partial charge < -0.3 is 4.57 Å². The molecule has 0 saturated heterocycles. The Morgan fingerprint density at radius 1 is 0.351 bits per heavy atom. The van der Waals surface area contributed by atoms with Gasteiger partial charge in [0.1, 0.15) is 0 Å². The predicted octanol–water partition coefficient (Wildman–Crippen LogP) is 14.4. The van der Waals surface area contributed by atoms with Crippen LogP contribution in [0.5, 0.6) is 0 Å². The molecule has 6 heteroatoms. The van der Waals surface area contributed by atoms with Gasteiger partial charge in [0.25, 0.3) is 0 Å². The molecule has 0 bridgehead atoms. The Labute approximate surface area is 335 Å². The van der Waals surface area contributed by atoms with Crippen molar-refractivity contribution < 1.29 is 0 Å². The van der Waals surface area contributed by atoms with E-state index in [2.05, 4.69) is 168 Å². The second-order valence-electron chi connectivity index (χ2n) is 14.3. The first-order valence-electron chi connectivity index (χ1n) is 19.0. The molecule has 0 aliphatic rings. The van der Waals surface area contributed by atoms with Crippen molar-refractivity contribution in [1.82, 2.24) is 19.5 Å². The Hall–Kier alpha value is -6.99. The van der Waals surface area contributed by atoms with Crippen LogP contribution in [-0.4, -0.2) is 19.5 Å². The van der Waals surface area contributed by atoms with Gasteiger partial charge in [-0.15, -0.1) is 22.7 Å². The van der Waals surface area contributed by atoms with E-state index in [0.29, 0.717) is 17.5 Å². The van der Waals surface area contributed by atoms with Crippen LogP contribution in [0.3, 0.4) is 0 Å². The van der Waals surface area contributed by atoms with Crippen molar-refractivity contribution in [3.8, 4) is 51.0 Å². The van der Waals surface area contributed by atoms with Gasteiger partial charge in [-0.25, -0.2) is 15.0 Å². The van der Waals surface area contributed by atoms with Crippen molar-refractivity contribution >= 4 is 84.8 Å². The molecule has 0 fully saturated rings. The second kappa shape index (κ2) is 12.8. The summed E-state index contributed by atoms with van der Waals surface area (Å²) < 4.78 is 7.32.